The normalized spacial score (nSPS) is 11.4. The Labute approximate surface area is 215 Å². The molecule has 8 heteroatoms. The van der Waals surface area contributed by atoms with E-state index in [1.165, 1.54) is 4.90 Å². The first-order valence-corrected chi connectivity index (χ1v) is 12.0. The van der Waals surface area contributed by atoms with Crippen molar-refractivity contribution < 1.29 is 19.1 Å². The maximum atomic E-state index is 13.5. The van der Waals surface area contributed by atoms with Gasteiger partial charge in [-0.05, 0) is 54.4 Å². The highest BCUT2D eigenvalue weighted by Crippen LogP contribution is 2.24. The molecule has 0 heterocycles. The molecule has 3 aromatic carbocycles. The number of carbonyl (C=O) groups excluding carboxylic acids is 2. The molecule has 0 bridgehead atoms. The van der Waals surface area contributed by atoms with E-state index in [0.29, 0.717) is 40.1 Å². The Morgan fingerprint density at radius 1 is 0.971 bits per heavy atom. The second kappa shape index (κ2) is 13.0. The van der Waals surface area contributed by atoms with E-state index in [4.69, 9.17) is 32.7 Å². The Balaban J connectivity index is 1.89. The van der Waals surface area contributed by atoms with E-state index < -0.39 is 6.04 Å². The third-order valence-corrected chi connectivity index (χ3v) is 5.99. The molecule has 0 aromatic heterocycles. The summed E-state index contributed by atoms with van der Waals surface area (Å²) in [6, 6.07) is 20.8. The van der Waals surface area contributed by atoms with Crippen LogP contribution in [0.5, 0.6) is 11.5 Å². The number of hydrogen-bond acceptors (Lipinski definition) is 4. The molecule has 184 valence electrons. The molecule has 0 unspecified atom stereocenters. The second-order valence-electron chi connectivity index (χ2n) is 7.82. The van der Waals surface area contributed by atoms with Gasteiger partial charge >= 0.3 is 0 Å². The van der Waals surface area contributed by atoms with Gasteiger partial charge in [-0.2, -0.15) is 0 Å². The van der Waals surface area contributed by atoms with Crippen molar-refractivity contribution in [2.24, 2.45) is 0 Å². The van der Waals surface area contributed by atoms with Gasteiger partial charge in [0.2, 0.25) is 5.91 Å². The van der Waals surface area contributed by atoms with Crippen LogP contribution in [0, 0.1) is 0 Å². The molecule has 6 nitrogen and oxygen atoms in total. The van der Waals surface area contributed by atoms with Crippen LogP contribution in [0.1, 0.15) is 18.1 Å². The molecule has 0 fully saturated rings. The largest absolute Gasteiger partial charge is 0.497 e. The van der Waals surface area contributed by atoms with Gasteiger partial charge in [-0.1, -0.05) is 59.6 Å². The first-order valence-electron chi connectivity index (χ1n) is 11.2. The Morgan fingerprint density at radius 3 is 2.29 bits per heavy atom. The van der Waals surface area contributed by atoms with Crippen molar-refractivity contribution in [1.29, 1.82) is 0 Å². The number of carbonyl (C=O) groups is 2. The summed E-state index contributed by atoms with van der Waals surface area (Å²) in [5.74, 6) is 0.598. The second-order valence-corrected chi connectivity index (χ2v) is 8.67. The number of benzene rings is 3. The third kappa shape index (κ3) is 7.64. The number of amides is 2. The van der Waals surface area contributed by atoms with E-state index in [1.54, 1.807) is 49.6 Å². The number of ether oxygens (including phenoxy) is 2. The quantitative estimate of drug-likeness (QED) is 0.383. The Morgan fingerprint density at radius 2 is 1.66 bits per heavy atom. The Hall–Kier alpha value is -3.22. The zero-order chi connectivity index (χ0) is 25.2. The van der Waals surface area contributed by atoms with Gasteiger partial charge in [-0.25, -0.2) is 0 Å². The molecule has 0 saturated heterocycles. The molecule has 0 aliphatic rings. The van der Waals surface area contributed by atoms with Crippen LogP contribution in [-0.2, 0) is 22.6 Å². The first-order chi connectivity index (χ1) is 16.9. The van der Waals surface area contributed by atoms with Gasteiger partial charge < -0.3 is 19.7 Å². The Bertz CT molecular complexity index is 1120. The lowest BCUT2D eigenvalue weighted by molar-refractivity contribution is -0.142. The summed E-state index contributed by atoms with van der Waals surface area (Å²) in [6.07, 6.45) is 0.339. The van der Waals surface area contributed by atoms with Crippen molar-refractivity contribution in [3.63, 3.8) is 0 Å². The molecule has 0 saturated carbocycles. The zero-order valence-electron chi connectivity index (χ0n) is 19.7. The number of likely N-dealkylation sites (N-methyl/N-ethyl adjacent to an activating group) is 1. The number of halogens is 2. The van der Waals surface area contributed by atoms with Gasteiger partial charge in [0.05, 0.1) is 7.11 Å². The van der Waals surface area contributed by atoms with Gasteiger partial charge in [0.15, 0.2) is 6.61 Å². The molecule has 0 radical (unpaired) electrons. The van der Waals surface area contributed by atoms with Crippen LogP contribution >= 0.6 is 23.2 Å². The lowest BCUT2D eigenvalue weighted by Crippen LogP contribution is -2.51. The molecule has 2 amide bonds. The fraction of sp³-hybridized carbons (Fsp3) is 0.259. The monoisotopic (exact) mass is 514 g/mol. The molecule has 0 spiro atoms. The molecule has 1 atom stereocenters. The topological polar surface area (TPSA) is 67.9 Å². The lowest BCUT2D eigenvalue weighted by atomic mass is 10.0. The summed E-state index contributed by atoms with van der Waals surface area (Å²) in [4.78, 5) is 28.2. The van der Waals surface area contributed by atoms with Gasteiger partial charge in [0.1, 0.15) is 17.5 Å². The lowest BCUT2D eigenvalue weighted by Gasteiger charge is -2.31. The molecule has 0 aliphatic carbocycles. The Kier molecular flexibility index (Phi) is 9.82. The van der Waals surface area contributed by atoms with E-state index in [-0.39, 0.29) is 25.0 Å². The van der Waals surface area contributed by atoms with E-state index in [9.17, 15) is 9.59 Å². The zero-order valence-corrected chi connectivity index (χ0v) is 21.2. The minimum Gasteiger partial charge on any atom is -0.497 e. The molecule has 3 aromatic rings. The fourth-order valence-corrected chi connectivity index (χ4v) is 4.05. The number of methoxy groups -OCH3 is 1. The van der Waals surface area contributed by atoms with Crippen molar-refractivity contribution in [3.8, 4) is 11.5 Å². The smallest absolute Gasteiger partial charge is 0.261 e. The van der Waals surface area contributed by atoms with Crippen LogP contribution in [0.3, 0.4) is 0 Å². The number of nitrogens with one attached hydrogen (secondary N) is 1. The van der Waals surface area contributed by atoms with E-state index in [0.717, 1.165) is 5.56 Å². The van der Waals surface area contributed by atoms with Crippen LogP contribution in [0.25, 0.3) is 0 Å². The minimum atomic E-state index is -0.768. The molecular formula is C27H28Cl2N2O4. The van der Waals surface area contributed by atoms with Gasteiger partial charge in [0, 0.05) is 29.6 Å². The average Bonchev–Trinajstić information content (AvgIpc) is 2.87. The molecule has 35 heavy (non-hydrogen) atoms. The van der Waals surface area contributed by atoms with Crippen LogP contribution in [0.2, 0.25) is 10.0 Å². The highest BCUT2D eigenvalue weighted by molar-refractivity contribution is 6.35. The number of hydrogen-bond donors (Lipinski definition) is 1. The van der Waals surface area contributed by atoms with Crippen molar-refractivity contribution in [2.75, 3.05) is 20.3 Å². The third-order valence-electron chi connectivity index (χ3n) is 5.40. The summed E-state index contributed by atoms with van der Waals surface area (Å²) in [5.41, 5.74) is 1.61. The molecule has 3 rings (SSSR count). The predicted molar refractivity (Wildman–Crippen MR) is 138 cm³/mol. The van der Waals surface area contributed by atoms with Gasteiger partial charge in [-0.15, -0.1) is 0 Å². The molecule has 0 aliphatic heterocycles. The number of rotatable bonds is 11. The van der Waals surface area contributed by atoms with Crippen LogP contribution < -0.4 is 14.8 Å². The predicted octanol–water partition coefficient (Wildman–Crippen LogP) is 5.16. The summed E-state index contributed by atoms with van der Waals surface area (Å²) in [7, 11) is 1.58. The highest BCUT2D eigenvalue weighted by Gasteiger charge is 2.31. The fourth-order valence-electron chi connectivity index (χ4n) is 3.58. The van der Waals surface area contributed by atoms with E-state index >= 15 is 0 Å². The van der Waals surface area contributed by atoms with Gasteiger partial charge in [0.25, 0.3) is 5.91 Å². The SMILES string of the molecule is CCNC(=O)[C@@H](Cc1ccccc1)N(Cc1ccc(Cl)cc1Cl)C(=O)COc1ccc(OC)cc1. The maximum absolute atomic E-state index is 13.5. The summed E-state index contributed by atoms with van der Waals surface area (Å²) in [5, 5.41) is 3.76. The highest BCUT2D eigenvalue weighted by atomic mass is 35.5. The average molecular weight is 515 g/mol. The summed E-state index contributed by atoms with van der Waals surface area (Å²) in [6.45, 7) is 2.15. The van der Waals surface area contributed by atoms with E-state index in [1.807, 2.05) is 37.3 Å². The molecular weight excluding hydrogens is 487 g/mol. The van der Waals surface area contributed by atoms with Gasteiger partial charge in [-0.3, -0.25) is 9.59 Å². The van der Waals surface area contributed by atoms with Crippen molar-refractivity contribution in [3.05, 3.63) is 94.0 Å². The van der Waals surface area contributed by atoms with Crippen LogP contribution in [0.4, 0.5) is 0 Å². The van der Waals surface area contributed by atoms with Crippen molar-refractivity contribution in [1.82, 2.24) is 10.2 Å². The maximum Gasteiger partial charge on any atom is 0.261 e. The van der Waals surface area contributed by atoms with Crippen molar-refractivity contribution >= 4 is 35.0 Å². The summed E-state index contributed by atoms with van der Waals surface area (Å²) >= 11 is 12.5. The molecule has 1 N–H and O–H groups in total. The van der Waals surface area contributed by atoms with Crippen LogP contribution in [-0.4, -0.2) is 43.0 Å². The first kappa shape index (κ1) is 26.4. The summed E-state index contributed by atoms with van der Waals surface area (Å²) < 4.78 is 10.9. The van der Waals surface area contributed by atoms with Crippen molar-refractivity contribution in [2.45, 2.75) is 25.9 Å². The van der Waals surface area contributed by atoms with Crippen LogP contribution in [0.15, 0.2) is 72.8 Å². The van der Waals surface area contributed by atoms with E-state index in [2.05, 4.69) is 5.32 Å². The standard InChI is InChI=1S/C27H28Cl2N2O4/c1-3-30-27(33)25(15-19-7-5-4-6-8-19)31(17-20-9-10-21(28)16-24(20)29)26(32)18-35-23-13-11-22(34-2)12-14-23/h4-14,16,25H,3,15,17-18H2,1-2H3,(H,30,33)/t25-/m1/s1. The minimum absolute atomic E-state index is 0.120. The number of nitrogens with zero attached hydrogens (tertiary/aromatic N) is 1.